The summed E-state index contributed by atoms with van der Waals surface area (Å²) in [5.74, 6) is 0.491. The lowest BCUT2D eigenvalue weighted by atomic mass is 10.7. The SMILES string of the molecule is COOSCCN(C=O)C=O. The fraction of sp³-hybridized carbons (Fsp3) is 0.600. The Morgan fingerprint density at radius 3 is 2.55 bits per heavy atom. The molecule has 5 nitrogen and oxygen atoms in total. The van der Waals surface area contributed by atoms with Gasteiger partial charge in [0.15, 0.2) is 0 Å². The summed E-state index contributed by atoms with van der Waals surface area (Å²) in [6, 6.07) is 0. The largest absolute Gasteiger partial charge is 0.287 e. The van der Waals surface area contributed by atoms with E-state index in [1.165, 1.54) is 7.11 Å². The molecule has 0 aromatic carbocycles. The van der Waals surface area contributed by atoms with E-state index >= 15 is 0 Å². The van der Waals surface area contributed by atoms with Gasteiger partial charge in [-0.05, 0) is 0 Å². The highest BCUT2D eigenvalue weighted by Gasteiger charge is 1.97. The molecule has 0 unspecified atom stereocenters. The van der Waals surface area contributed by atoms with E-state index in [0.717, 1.165) is 16.9 Å². The fourth-order valence-electron chi connectivity index (χ4n) is 0.355. The summed E-state index contributed by atoms with van der Waals surface area (Å²) in [6.07, 6.45) is 0.917. The smallest absolute Gasteiger partial charge is 0.216 e. The highest BCUT2D eigenvalue weighted by molar-refractivity contribution is 7.94. The van der Waals surface area contributed by atoms with E-state index < -0.39 is 0 Å². The maximum atomic E-state index is 10.0. The first-order valence-corrected chi connectivity index (χ1v) is 3.74. The summed E-state index contributed by atoms with van der Waals surface area (Å²) in [7, 11) is 1.38. The zero-order valence-electron chi connectivity index (χ0n) is 6.06. The molecule has 0 heterocycles. The minimum absolute atomic E-state index is 0.320. The summed E-state index contributed by atoms with van der Waals surface area (Å²) in [4.78, 5) is 25.3. The maximum absolute atomic E-state index is 10.0. The van der Waals surface area contributed by atoms with Gasteiger partial charge in [0.2, 0.25) is 12.8 Å². The minimum Gasteiger partial charge on any atom is -0.287 e. The molecule has 0 saturated heterocycles. The monoisotopic (exact) mass is 179 g/mol. The average molecular weight is 179 g/mol. The minimum atomic E-state index is 0.320. The first kappa shape index (κ1) is 10.4. The van der Waals surface area contributed by atoms with E-state index in [9.17, 15) is 9.59 Å². The topological polar surface area (TPSA) is 55.8 Å². The van der Waals surface area contributed by atoms with Crippen molar-refractivity contribution in [1.82, 2.24) is 4.90 Å². The second-order valence-corrected chi connectivity index (χ2v) is 2.29. The number of rotatable bonds is 7. The zero-order chi connectivity index (χ0) is 8.53. The molecule has 0 spiro atoms. The van der Waals surface area contributed by atoms with Crippen molar-refractivity contribution in [2.45, 2.75) is 0 Å². The molecule has 0 aromatic heterocycles. The van der Waals surface area contributed by atoms with Gasteiger partial charge >= 0.3 is 0 Å². The van der Waals surface area contributed by atoms with E-state index in [1.807, 2.05) is 0 Å². The van der Waals surface area contributed by atoms with E-state index in [1.54, 1.807) is 0 Å². The van der Waals surface area contributed by atoms with Crippen LogP contribution in [0.4, 0.5) is 0 Å². The standard InChI is InChI=1S/C5H9NO4S/c1-9-10-11-3-2-6(4-7)5-8/h4-5H,2-3H2,1H3. The van der Waals surface area contributed by atoms with Gasteiger partial charge in [0.25, 0.3) is 0 Å². The lowest BCUT2D eigenvalue weighted by molar-refractivity contribution is -0.160. The summed E-state index contributed by atoms with van der Waals surface area (Å²) in [6.45, 7) is 0.320. The summed E-state index contributed by atoms with van der Waals surface area (Å²) >= 11 is 1.03. The molecular formula is C5H9NO4S. The molecule has 0 aliphatic heterocycles. The Morgan fingerprint density at radius 1 is 1.45 bits per heavy atom. The predicted molar refractivity (Wildman–Crippen MR) is 39.4 cm³/mol. The number of imide groups is 1. The van der Waals surface area contributed by atoms with E-state index in [0.29, 0.717) is 25.1 Å². The average Bonchev–Trinajstić information content (AvgIpc) is 2.05. The normalized spacial score (nSPS) is 9.18. The van der Waals surface area contributed by atoms with Crippen LogP contribution in [0.1, 0.15) is 0 Å². The van der Waals surface area contributed by atoms with Crippen LogP contribution in [-0.2, 0) is 18.8 Å². The molecule has 64 valence electrons. The number of hydrogen-bond donors (Lipinski definition) is 0. The van der Waals surface area contributed by atoms with Crippen LogP contribution < -0.4 is 0 Å². The Morgan fingerprint density at radius 2 is 2.09 bits per heavy atom. The van der Waals surface area contributed by atoms with E-state index in [-0.39, 0.29) is 0 Å². The Labute approximate surface area is 68.8 Å². The third-order valence-corrected chi connectivity index (χ3v) is 1.40. The Kier molecular flexibility index (Phi) is 7.11. The van der Waals surface area contributed by atoms with Crippen LogP contribution in [0.3, 0.4) is 0 Å². The van der Waals surface area contributed by atoms with Crippen LogP contribution in [0.5, 0.6) is 0 Å². The Hall–Kier alpha value is -0.590. The van der Waals surface area contributed by atoms with Crippen LogP contribution in [0.15, 0.2) is 0 Å². The quantitative estimate of drug-likeness (QED) is 0.178. The molecule has 0 rings (SSSR count). The van der Waals surface area contributed by atoms with Crippen molar-refractivity contribution in [3.8, 4) is 0 Å². The molecule has 0 atom stereocenters. The van der Waals surface area contributed by atoms with Crippen LogP contribution in [0.2, 0.25) is 0 Å². The summed E-state index contributed by atoms with van der Waals surface area (Å²) in [5.41, 5.74) is 0. The third kappa shape index (κ3) is 5.84. The molecule has 6 heteroatoms. The molecule has 11 heavy (non-hydrogen) atoms. The van der Waals surface area contributed by atoms with Crippen molar-refractivity contribution in [1.29, 1.82) is 0 Å². The van der Waals surface area contributed by atoms with Gasteiger partial charge in [-0.1, -0.05) is 0 Å². The number of carbonyl (C=O) groups is 2. The second kappa shape index (κ2) is 7.52. The van der Waals surface area contributed by atoms with Gasteiger partial charge < -0.3 is 0 Å². The van der Waals surface area contributed by atoms with Gasteiger partial charge in [0.05, 0.1) is 7.11 Å². The van der Waals surface area contributed by atoms with Gasteiger partial charge in [-0.15, -0.1) is 0 Å². The second-order valence-electron chi connectivity index (χ2n) is 1.51. The van der Waals surface area contributed by atoms with E-state index in [4.69, 9.17) is 0 Å². The van der Waals surface area contributed by atoms with Crippen molar-refractivity contribution in [3.63, 3.8) is 0 Å². The van der Waals surface area contributed by atoms with Crippen molar-refractivity contribution in [2.75, 3.05) is 19.4 Å². The molecule has 0 aliphatic carbocycles. The molecule has 2 amide bonds. The van der Waals surface area contributed by atoms with Crippen molar-refractivity contribution in [2.24, 2.45) is 0 Å². The highest BCUT2D eigenvalue weighted by atomic mass is 32.2. The Bertz CT molecular complexity index is 113. The first-order valence-electron chi connectivity index (χ1n) is 2.83. The first-order chi connectivity index (χ1) is 5.35. The predicted octanol–water partition coefficient (Wildman–Crippen LogP) is -0.173. The zero-order valence-corrected chi connectivity index (χ0v) is 6.87. The summed E-state index contributed by atoms with van der Waals surface area (Å²) in [5, 5.41) is 0. The molecule has 0 radical (unpaired) electrons. The molecule has 0 fully saturated rings. The fourth-order valence-corrected chi connectivity index (χ4v) is 0.805. The number of nitrogens with zero attached hydrogens (tertiary/aromatic N) is 1. The van der Waals surface area contributed by atoms with Gasteiger partial charge in [-0.3, -0.25) is 14.5 Å². The lowest BCUT2D eigenvalue weighted by Gasteiger charge is -2.05. The Balaban J connectivity index is 3.21. The van der Waals surface area contributed by atoms with Crippen LogP contribution in [-0.4, -0.2) is 37.1 Å². The van der Waals surface area contributed by atoms with Gasteiger partial charge in [-0.2, -0.15) is 4.33 Å². The molecule has 0 aromatic rings. The molecule has 0 aliphatic rings. The number of carbonyl (C=O) groups excluding carboxylic acids is 2. The molecular weight excluding hydrogens is 170 g/mol. The van der Waals surface area contributed by atoms with Gasteiger partial charge in [-0.25, -0.2) is 4.89 Å². The van der Waals surface area contributed by atoms with Crippen LogP contribution in [0.25, 0.3) is 0 Å². The maximum Gasteiger partial charge on any atom is 0.216 e. The molecule has 0 saturated carbocycles. The molecule has 0 N–H and O–H groups in total. The van der Waals surface area contributed by atoms with Crippen molar-refractivity contribution in [3.05, 3.63) is 0 Å². The molecule has 0 bridgehead atoms. The number of hydrogen-bond acceptors (Lipinski definition) is 5. The summed E-state index contributed by atoms with van der Waals surface area (Å²) < 4.78 is 4.43. The van der Waals surface area contributed by atoms with E-state index in [2.05, 4.69) is 9.22 Å². The van der Waals surface area contributed by atoms with Crippen molar-refractivity contribution < 1.29 is 18.8 Å². The van der Waals surface area contributed by atoms with Crippen LogP contribution in [0, 0.1) is 0 Å². The highest BCUT2D eigenvalue weighted by Crippen LogP contribution is 2.00. The third-order valence-electron chi connectivity index (χ3n) is 0.820. The van der Waals surface area contributed by atoms with Crippen LogP contribution >= 0.6 is 12.0 Å². The number of amides is 2. The van der Waals surface area contributed by atoms with Gasteiger partial charge in [0.1, 0.15) is 0 Å². The lowest BCUT2D eigenvalue weighted by Crippen LogP contribution is -2.22. The van der Waals surface area contributed by atoms with Gasteiger partial charge in [0, 0.05) is 24.3 Å². The van der Waals surface area contributed by atoms with Crippen molar-refractivity contribution >= 4 is 24.9 Å².